The average molecular weight is 184 g/mol. The molecule has 72 valence electrons. The molecule has 3 nitrogen and oxygen atoms in total. The van der Waals surface area contributed by atoms with Crippen LogP contribution in [0.25, 0.3) is 0 Å². The summed E-state index contributed by atoms with van der Waals surface area (Å²) in [6.45, 7) is 0.765. The third kappa shape index (κ3) is 3.02. The highest BCUT2D eigenvalue weighted by Crippen LogP contribution is 2.13. The first-order valence-corrected chi connectivity index (χ1v) is 4.53. The molecule has 1 rings (SSSR count). The molecule has 0 N–H and O–H groups in total. The topological polar surface area (TPSA) is 44.1 Å². The molecule has 4 heteroatoms. The van der Waals surface area contributed by atoms with Gasteiger partial charge < -0.3 is 4.90 Å². The zero-order chi connectivity index (χ0) is 9.68. The maximum Gasteiger partial charge on any atom is 0.236 e. The van der Waals surface area contributed by atoms with Crippen LogP contribution < -0.4 is 0 Å². The molecule has 0 saturated carbocycles. The number of hydrogen-bond donors (Lipinski definition) is 0. The molecular formula is C9H13FN2O. The van der Waals surface area contributed by atoms with Gasteiger partial charge in [0, 0.05) is 6.54 Å². The van der Waals surface area contributed by atoms with Crippen LogP contribution in [0.1, 0.15) is 25.7 Å². The zero-order valence-electron chi connectivity index (χ0n) is 7.50. The molecule has 1 heterocycles. The van der Waals surface area contributed by atoms with Crippen LogP contribution in [0.5, 0.6) is 0 Å². The van der Waals surface area contributed by atoms with Crippen molar-refractivity contribution in [2.24, 2.45) is 0 Å². The zero-order valence-corrected chi connectivity index (χ0v) is 7.50. The number of likely N-dealkylation sites (tertiary alicyclic amines) is 1. The van der Waals surface area contributed by atoms with Gasteiger partial charge in [0.1, 0.15) is 12.6 Å². The molecule has 1 saturated heterocycles. The lowest BCUT2D eigenvalue weighted by Gasteiger charge is -2.19. The van der Waals surface area contributed by atoms with Gasteiger partial charge in [-0.2, -0.15) is 5.26 Å². The molecule has 0 aromatic heterocycles. The summed E-state index contributed by atoms with van der Waals surface area (Å²) in [6.07, 6.45) is 1.17. The molecule has 0 aliphatic carbocycles. The van der Waals surface area contributed by atoms with Gasteiger partial charge in [0.05, 0.1) is 12.6 Å². The van der Waals surface area contributed by atoms with Gasteiger partial charge in [0.2, 0.25) is 5.91 Å². The molecule has 1 aliphatic rings. The number of halogens is 1. The van der Waals surface area contributed by atoms with Crippen LogP contribution in [0.2, 0.25) is 0 Å². The summed E-state index contributed by atoms with van der Waals surface area (Å²) < 4.78 is 13.0. The van der Waals surface area contributed by atoms with Gasteiger partial charge in [0.15, 0.2) is 0 Å². The highest BCUT2D eigenvalue weighted by atomic mass is 19.1. The van der Waals surface area contributed by atoms with E-state index in [1.54, 1.807) is 6.07 Å². The van der Waals surface area contributed by atoms with E-state index in [1.807, 2.05) is 0 Å². The summed E-state index contributed by atoms with van der Waals surface area (Å²) >= 11 is 0. The molecule has 0 bridgehead atoms. The number of nitriles is 1. The van der Waals surface area contributed by atoms with E-state index >= 15 is 0 Å². The van der Waals surface area contributed by atoms with Crippen molar-refractivity contribution in [3.05, 3.63) is 0 Å². The summed E-state index contributed by atoms with van der Waals surface area (Å²) in [7, 11) is 0. The van der Waals surface area contributed by atoms with Crippen molar-refractivity contribution in [1.82, 2.24) is 4.90 Å². The fourth-order valence-electron chi connectivity index (χ4n) is 1.50. The Morgan fingerprint density at radius 3 is 3.08 bits per heavy atom. The number of amides is 1. The predicted octanol–water partition coefficient (Wildman–Crippen LogP) is 1.25. The summed E-state index contributed by atoms with van der Waals surface area (Å²) in [5.41, 5.74) is 0. The SMILES string of the molecule is N#CCC(=O)N1CCCCC(F)C1. The Bertz CT molecular complexity index is 224. The lowest BCUT2D eigenvalue weighted by atomic mass is 10.2. The van der Waals surface area contributed by atoms with Gasteiger partial charge in [-0.3, -0.25) is 4.79 Å². The second kappa shape index (κ2) is 4.80. The molecule has 1 unspecified atom stereocenters. The lowest BCUT2D eigenvalue weighted by Crippen LogP contribution is -2.34. The van der Waals surface area contributed by atoms with E-state index in [9.17, 15) is 9.18 Å². The molecule has 1 aliphatic heterocycles. The second-order valence-corrected chi connectivity index (χ2v) is 3.27. The maximum atomic E-state index is 13.0. The monoisotopic (exact) mass is 184 g/mol. The molecule has 0 radical (unpaired) electrons. The number of hydrogen-bond acceptors (Lipinski definition) is 2. The minimum Gasteiger partial charge on any atom is -0.339 e. The number of carbonyl (C=O) groups is 1. The van der Waals surface area contributed by atoms with Gasteiger partial charge in [-0.25, -0.2) is 4.39 Å². The number of nitrogens with zero attached hydrogens (tertiary/aromatic N) is 2. The Labute approximate surface area is 77.1 Å². The second-order valence-electron chi connectivity index (χ2n) is 3.27. The minimum absolute atomic E-state index is 0.132. The molecule has 1 amide bonds. The van der Waals surface area contributed by atoms with Crippen LogP contribution in [0.4, 0.5) is 4.39 Å². The average Bonchev–Trinajstić information content (AvgIpc) is 2.30. The smallest absolute Gasteiger partial charge is 0.236 e. The van der Waals surface area contributed by atoms with E-state index in [-0.39, 0.29) is 18.9 Å². The maximum absolute atomic E-state index is 13.0. The highest BCUT2D eigenvalue weighted by Gasteiger charge is 2.20. The van der Waals surface area contributed by atoms with Crippen molar-refractivity contribution in [3.8, 4) is 6.07 Å². The van der Waals surface area contributed by atoms with Crippen LogP contribution >= 0.6 is 0 Å². The quantitative estimate of drug-likeness (QED) is 0.615. The van der Waals surface area contributed by atoms with E-state index in [0.717, 1.165) is 12.8 Å². The molecule has 0 aromatic carbocycles. The Morgan fingerprint density at radius 1 is 1.62 bits per heavy atom. The largest absolute Gasteiger partial charge is 0.339 e. The molecular weight excluding hydrogens is 171 g/mol. The van der Waals surface area contributed by atoms with Crippen molar-refractivity contribution in [1.29, 1.82) is 5.26 Å². The van der Waals surface area contributed by atoms with Crippen molar-refractivity contribution in [2.75, 3.05) is 13.1 Å². The van der Waals surface area contributed by atoms with Crippen LogP contribution in [0.15, 0.2) is 0 Å². The van der Waals surface area contributed by atoms with Crippen molar-refractivity contribution in [3.63, 3.8) is 0 Å². The van der Waals surface area contributed by atoms with Crippen molar-refractivity contribution < 1.29 is 9.18 Å². The van der Waals surface area contributed by atoms with Gasteiger partial charge >= 0.3 is 0 Å². The Balaban J connectivity index is 2.48. The summed E-state index contributed by atoms with van der Waals surface area (Å²) in [4.78, 5) is 12.7. The third-order valence-corrected chi connectivity index (χ3v) is 2.20. The first-order valence-electron chi connectivity index (χ1n) is 4.53. The fourth-order valence-corrected chi connectivity index (χ4v) is 1.50. The van der Waals surface area contributed by atoms with Crippen LogP contribution in [-0.4, -0.2) is 30.1 Å². The molecule has 0 spiro atoms. The van der Waals surface area contributed by atoms with Gasteiger partial charge in [-0.05, 0) is 19.3 Å². The van der Waals surface area contributed by atoms with E-state index in [2.05, 4.69) is 0 Å². The Kier molecular flexibility index (Phi) is 3.69. The van der Waals surface area contributed by atoms with Gasteiger partial charge in [0.25, 0.3) is 0 Å². The van der Waals surface area contributed by atoms with E-state index in [4.69, 9.17) is 5.26 Å². The molecule has 1 atom stereocenters. The van der Waals surface area contributed by atoms with Crippen LogP contribution in [0, 0.1) is 11.3 Å². The minimum atomic E-state index is -0.912. The van der Waals surface area contributed by atoms with Crippen molar-refractivity contribution >= 4 is 5.91 Å². The third-order valence-electron chi connectivity index (χ3n) is 2.20. The summed E-state index contributed by atoms with van der Waals surface area (Å²) in [5.74, 6) is -0.243. The first-order chi connectivity index (χ1) is 6.24. The van der Waals surface area contributed by atoms with E-state index < -0.39 is 6.17 Å². The number of carbonyl (C=O) groups excluding carboxylic acids is 1. The number of alkyl halides is 1. The highest BCUT2D eigenvalue weighted by molar-refractivity contribution is 5.78. The number of rotatable bonds is 1. The molecule has 1 fully saturated rings. The fraction of sp³-hybridized carbons (Fsp3) is 0.778. The van der Waals surface area contributed by atoms with E-state index in [1.165, 1.54) is 4.90 Å². The van der Waals surface area contributed by atoms with Crippen LogP contribution in [0.3, 0.4) is 0 Å². The molecule has 13 heavy (non-hydrogen) atoms. The van der Waals surface area contributed by atoms with Gasteiger partial charge in [-0.15, -0.1) is 0 Å². The summed E-state index contributed by atoms with van der Waals surface area (Å²) in [5, 5.41) is 8.31. The normalized spacial score (nSPS) is 23.4. The predicted molar refractivity (Wildman–Crippen MR) is 45.6 cm³/mol. The lowest BCUT2D eigenvalue weighted by molar-refractivity contribution is -0.130. The van der Waals surface area contributed by atoms with Gasteiger partial charge in [-0.1, -0.05) is 0 Å². The standard InChI is InChI=1S/C9H13FN2O/c10-8-3-1-2-6-12(7-8)9(13)4-5-11/h8H,1-4,6-7H2. The van der Waals surface area contributed by atoms with Crippen molar-refractivity contribution in [2.45, 2.75) is 31.9 Å². The molecule has 0 aromatic rings. The Hall–Kier alpha value is -1.11. The van der Waals surface area contributed by atoms with Crippen LogP contribution in [-0.2, 0) is 4.79 Å². The Morgan fingerprint density at radius 2 is 2.38 bits per heavy atom. The first kappa shape index (κ1) is 9.97. The van der Waals surface area contributed by atoms with E-state index in [0.29, 0.717) is 13.0 Å². The summed E-state index contributed by atoms with van der Waals surface area (Å²) in [6, 6.07) is 1.79.